The van der Waals surface area contributed by atoms with Crippen LogP contribution in [0.1, 0.15) is 53.4 Å². The molecule has 1 spiro atoms. The lowest BCUT2D eigenvalue weighted by molar-refractivity contribution is -0.153. The lowest BCUT2D eigenvalue weighted by Gasteiger charge is -2.58. The second-order valence-corrected chi connectivity index (χ2v) is 9.29. The number of carbonyl (C=O) groups is 2. The molecule has 6 atom stereocenters. The third-order valence-electron chi connectivity index (χ3n) is 7.94. The molecule has 120 valence electrons. The fourth-order valence-electron chi connectivity index (χ4n) is 6.68. The van der Waals surface area contributed by atoms with Crippen LogP contribution in [-0.2, 0) is 9.59 Å². The molecule has 3 fully saturated rings. The third kappa shape index (κ3) is 1.34. The Morgan fingerprint density at radius 1 is 1.09 bits per heavy atom. The van der Waals surface area contributed by atoms with E-state index in [1.54, 1.807) is 0 Å². The van der Waals surface area contributed by atoms with E-state index in [-0.39, 0.29) is 34.2 Å². The number of ketones is 2. The largest absolute Gasteiger partial charge is 0.385 e. The Bertz CT molecular complexity index is 618. The molecule has 0 radical (unpaired) electrons. The summed E-state index contributed by atoms with van der Waals surface area (Å²) < 4.78 is 0. The quantitative estimate of drug-likeness (QED) is 0.700. The minimum Gasteiger partial charge on any atom is -0.385 e. The van der Waals surface area contributed by atoms with Crippen molar-refractivity contribution in [2.75, 3.05) is 0 Å². The van der Waals surface area contributed by atoms with Gasteiger partial charge in [-0.2, -0.15) is 0 Å². The van der Waals surface area contributed by atoms with Crippen molar-refractivity contribution in [3.63, 3.8) is 0 Å². The number of Topliss-reactive ketones (excluding diaryl/α,β-unsaturated/α-hetero) is 2. The van der Waals surface area contributed by atoms with Gasteiger partial charge in [-0.25, -0.2) is 0 Å². The van der Waals surface area contributed by atoms with Gasteiger partial charge in [0, 0.05) is 22.7 Å². The van der Waals surface area contributed by atoms with E-state index in [2.05, 4.69) is 19.1 Å². The second-order valence-electron chi connectivity index (χ2n) is 9.29. The summed E-state index contributed by atoms with van der Waals surface area (Å²) in [7, 11) is 0. The van der Waals surface area contributed by atoms with Gasteiger partial charge in [0.2, 0.25) is 0 Å². The van der Waals surface area contributed by atoms with Crippen LogP contribution in [0.3, 0.4) is 0 Å². The fraction of sp³-hybridized carbons (Fsp3) is 0.789. The predicted octanol–water partition coefficient (Wildman–Crippen LogP) is 2.91. The molecule has 3 nitrogen and oxygen atoms in total. The molecule has 0 aromatic rings. The van der Waals surface area contributed by atoms with Crippen molar-refractivity contribution in [1.29, 1.82) is 0 Å². The number of aliphatic hydroxyl groups is 1. The van der Waals surface area contributed by atoms with Gasteiger partial charge in [-0.15, -0.1) is 0 Å². The van der Waals surface area contributed by atoms with E-state index < -0.39 is 16.9 Å². The first-order chi connectivity index (χ1) is 10.1. The number of allylic oxidation sites excluding steroid dienone is 2. The van der Waals surface area contributed by atoms with E-state index in [0.717, 1.165) is 19.3 Å². The highest BCUT2D eigenvalue weighted by atomic mass is 16.3. The molecule has 4 aliphatic carbocycles. The molecule has 3 saturated carbocycles. The minimum absolute atomic E-state index is 0.00951. The van der Waals surface area contributed by atoms with Crippen molar-refractivity contribution in [3.8, 4) is 0 Å². The standard InChI is InChI=1S/C19H26O3/c1-16(2)11-5-6-19-8-7-17(3,10-19)13(20)9-12(19)18(11,4)15(22)14(16)21/h7-8,11-12,15,22H,5-6,9-10H2,1-4H3. The zero-order valence-corrected chi connectivity index (χ0v) is 14.0. The van der Waals surface area contributed by atoms with E-state index in [9.17, 15) is 14.7 Å². The van der Waals surface area contributed by atoms with Gasteiger partial charge in [-0.1, -0.05) is 32.9 Å². The summed E-state index contributed by atoms with van der Waals surface area (Å²) in [5, 5.41) is 10.8. The van der Waals surface area contributed by atoms with E-state index >= 15 is 0 Å². The molecule has 0 aromatic heterocycles. The monoisotopic (exact) mass is 302 g/mol. The summed E-state index contributed by atoms with van der Waals surface area (Å²) >= 11 is 0. The van der Waals surface area contributed by atoms with Gasteiger partial charge in [0.05, 0.1) is 0 Å². The van der Waals surface area contributed by atoms with Crippen molar-refractivity contribution >= 4 is 11.6 Å². The minimum atomic E-state index is -0.930. The van der Waals surface area contributed by atoms with Gasteiger partial charge in [0.1, 0.15) is 11.9 Å². The van der Waals surface area contributed by atoms with Crippen LogP contribution in [-0.4, -0.2) is 22.8 Å². The smallest absolute Gasteiger partial charge is 0.167 e. The number of rotatable bonds is 0. The highest BCUT2D eigenvalue weighted by Crippen LogP contribution is 2.71. The number of hydrogen-bond acceptors (Lipinski definition) is 3. The molecule has 22 heavy (non-hydrogen) atoms. The first kappa shape index (κ1) is 14.6. The number of carbonyl (C=O) groups excluding carboxylic acids is 2. The van der Waals surface area contributed by atoms with Crippen LogP contribution in [0.5, 0.6) is 0 Å². The molecular formula is C19H26O3. The number of hydrogen-bond donors (Lipinski definition) is 1. The SMILES string of the molecule is CC12C=CC3(CCC4C(C)(C)C(=O)C(O)C4(C)C3CC1=O)C2. The number of aliphatic hydroxyl groups excluding tert-OH is 1. The van der Waals surface area contributed by atoms with Gasteiger partial charge in [0.25, 0.3) is 0 Å². The molecule has 0 heterocycles. The normalized spacial score (nSPS) is 55.2. The van der Waals surface area contributed by atoms with E-state index in [0.29, 0.717) is 6.42 Å². The van der Waals surface area contributed by atoms with Gasteiger partial charge in [-0.3, -0.25) is 9.59 Å². The molecule has 1 N–H and O–H groups in total. The summed E-state index contributed by atoms with van der Waals surface area (Å²) in [5.41, 5.74) is -1.26. The topological polar surface area (TPSA) is 54.4 Å². The highest BCUT2D eigenvalue weighted by Gasteiger charge is 2.71. The van der Waals surface area contributed by atoms with Gasteiger partial charge >= 0.3 is 0 Å². The Kier molecular flexibility index (Phi) is 2.49. The average molecular weight is 302 g/mol. The van der Waals surface area contributed by atoms with Crippen LogP contribution in [0.25, 0.3) is 0 Å². The summed E-state index contributed by atoms with van der Waals surface area (Å²) in [6, 6.07) is 0. The van der Waals surface area contributed by atoms with Crippen LogP contribution >= 0.6 is 0 Å². The van der Waals surface area contributed by atoms with Crippen LogP contribution in [0.15, 0.2) is 12.2 Å². The number of fused-ring (bicyclic) bond motifs is 3. The van der Waals surface area contributed by atoms with Crippen molar-refractivity contribution in [1.82, 2.24) is 0 Å². The van der Waals surface area contributed by atoms with Crippen LogP contribution in [0.4, 0.5) is 0 Å². The Morgan fingerprint density at radius 3 is 2.45 bits per heavy atom. The first-order valence-corrected chi connectivity index (χ1v) is 8.54. The molecule has 4 aliphatic rings. The molecule has 0 aromatic carbocycles. The molecule has 6 unspecified atom stereocenters. The maximum atomic E-state index is 12.7. The Morgan fingerprint density at radius 2 is 1.77 bits per heavy atom. The fourth-order valence-corrected chi connectivity index (χ4v) is 6.68. The zero-order valence-electron chi connectivity index (χ0n) is 14.0. The van der Waals surface area contributed by atoms with Crippen LogP contribution < -0.4 is 0 Å². The summed E-state index contributed by atoms with van der Waals surface area (Å²) in [4.78, 5) is 25.4. The Labute approximate surface area is 132 Å². The Hall–Kier alpha value is -0.960. The maximum absolute atomic E-state index is 12.7. The first-order valence-electron chi connectivity index (χ1n) is 8.54. The molecule has 4 rings (SSSR count). The van der Waals surface area contributed by atoms with E-state index in [1.165, 1.54) is 0 Å². The molecule has 2 bridgehead atoms. The summed E-state index contributed by atoms with van der Waals surface area (Å²) in [5.74, 6) is 0.524. The predicted molar refractivity (Wildman–Crippen MR) is 83.0 cm³/mol. The average Bonchev–Trinajstić information content (AvgIpc) is 2.81. The lowest BCUT2D eigenvalue weighted by atomic mass is 9.45. The Balaban J connectivity index is 1.86. The molecule has 0 aliphatic heterocycles. The second kappa shape index (κ2) is 3.75. The lowest BCUT2D eigenvalue weighted by Crippen LogP contribution is -2.56. The van der Waals surface area contributed by atoms with Gasteiger partial charge in [-0.05, 0) is 43.4 Å². The third-order valence-corrected chi connectivity index (χ3v) is 7.94. The summed E-state index contributed by atoms with van der Waals surface area (Å²) in [6.07, 6.45) is 6.82. The van der Waals surface area contributed by atoms with Crippen molar-refractivity contribution in [2.45, 2.75) is 59.5 Å². The van der Waals surface area contributed by atoms with Crippen molar-refractivity contribution in [2.24, 2.45) is 33.5 Å². The molecule has 3 heteroatoms. The van der Waals surface area contributed by atoms with Crippen LogP contribution in [0, 0.1) is 33.5 Å². The van der Waals surface area contributed by atoms with Gasteiger partial charge in [0.15, 0.2) is 5.78 Å². The molecule has 0 saturated heterocycles. The molecular weight excluding hydrogens is 276 g/mol. The van der Waals surface area contributed by atoms with Crippen molar-refractivity contribution in [3.05, 3.63) is 12.2 Å². The zero-order chi connectivity index (χ0) is 16.1. The summed E-state index contributed by atoms with van der Waals surface area (Å²) in [6.45, 7) is 8.07. The van der Waals surface area contributed by atoms with Crippen molar-refractivity contribution < 1.29 is 14.7 Å². The van der Waals surface area contributed by atoms with E-state index in [1.807, 2.05) is 20.8 Å². The van der Waals surface area contributed by atoms with E-state index in [4.69, 9.17) is 0 Å². The molecule has 0 amide bonds. The van der Waals surface area contributed by atoms with Gasteiger partial charge < -0.3 is 5.11 Å². The van der Waals surface area contributed by atoms with Crippen LogP contribution in [0.2, 0.25) is 0 Å². The maximum Gasteiger partial charge on any atom is 0.167 e. The highest BCUT2D eigenvalue weighted by molar-refractivity contribution is 5.93.